The second-order valence-corrected chi connectivity index (χ2v) is 11.8. The van der Waals surface area contributed by atoms with Gasteiger partial charge in [0.15, 0.2) is 0 Å². The third-order valence-corrected chi connectivity index (χ3v) is 6.94. The van der Waals surface area contributed by atoms with E-state index in [9.17, 15) is 31.0 Å². The number of anilines is 1. The Labute approximate surface area is 193 Å². The van der Waals surface area contributed by atoms with Gasteiger partial charge < -0.3 is 5.32 Å². The molecule has 2 aliphatic carbocycles. The zero-order chi connectivity index (χ0) is 25.3. The summed E-state index contributed by atoms with van der Waals surface area (Å²) in [5.41, 5.74) is -2.83. The van der Waals surface area contributed by atoms with Crippen molar-refractivity contribution in [3.05, 3.63) is 34.8 Å². The molecule has 2 fully saturated rings. The topological polar surface area (TPSA) is 101 Å². The van der Waals surface area contributed by atoms with Crippen LogP contribution in [0, 0.1) is 17.1 Å². The smallest absolute Gasteiger partial charge is 0.320 e. The van der Waals surface area contributed by atoms with E-state index in [-0.39, 0.29) is 23.0 Å². The summed E-state index contributed by atoms with van der Waals surface area (Å²) < 4.78 is 90.1. The number of nitrogens with zero attached hydrogens (tertiary/aromatic N) is 3. The van der Waals surface area contributed by atoms with Crippen molar-refractivity contribution in [3.8, 4) is 0 Å². The summed E-state index contributed by atoms with van der Waals surface area (Å²) in [6.07, 6.45) is -3.78. The Kier molecular flexibility index (Phi) is 5.57. The maximum absolute atomic E-state index is 14.1. The lowest BCUT2D eigenvalue weighted by Gasteiger charge is -2.44. The summed E-state index contributed by atoms with van der Waals surface area (Å²) >= 11 is 0. The number of amides is 1. The zero-order valence-electron chi connectivity index (χ0n) is 18.7. The molecule has 4 rings (SSSR count). The minimum absolute atomic E-state index is 0.0181. The molecule has 34 heavy (non-hydrogen) atoms. The summed E-state index contributed by atoms with van der Waals surface area (Å²) in [5, 5.41) is 6.34. The molecule has 1 amide bonds. The average molecular weight is 506 g/mol. The molecule has 0 bridgehead atoms. The van der Waals surface area contributed by atoms with Crippen LogP contribution in [0.5, 0.6) is 0 Å². The van der Waals surface area contributed by atoms with Crippen molar-refractivity contribution in [1.82, 2.24) is 14.8 Å². The number of halogens is 5. The van der Waals surface area contributed by atoms with E-state index in [1.165, 1.54) is 26.0 Å². The van der Waals surface area contributed by atoms with E-state index in [0.717, 1.165) is 10.9 Å². The Morgan fingerprint density at radius 2 is 1.91 bits per heavy atom. The van der Waals surface area contributed by atoms with Gasteiger partial charge in [0, 0.05) is 42.9 Å². The van der Waals surface area contributed by atoms with Crippen LogP contribution in [0.1, 0.15) is 66.0 Å². The maximum Gasteiger partial charge on any atom is 0.420 e. The van der Waals surface area contributed by atoms with Gasteiger partial charge in [-0.15, -0.1) is 0 Å². The molecule has 2 aliphatic rings. The third kappa shape index (κ3) is 4.93. The molecular weight excluding hydrogens is 481 g/mol. The van der Waals surface area contributed by atoms with Gasteiger partial charge in [0.1, 0.15) is 16.3 Å². The second kappa shape index (κ2) is 7.72. The van der Waals surface area contributed by atoms with E-state index in [1.807, 2.05) is 0 Å². The highest BCUT2D eigenvalue weighted by Gasteiger charge is 2.55. The second-order valence-electron chi connectivity index (χ2n) is 9.69. The molecule has 2 heterocycles. The first kappa shape index (κ1) is 24.6. The highest BCUT2D eigenvalue weighted by molar-refractivity contribution is 7.91. The van der Waals surface area contributed by atoms with Crippen molar-refractivity contribution in [2.45, 2.75) is 69.1 Å². The summed E-state index contributed by atoms with van der Waals surface area (Å²) in [6, 6.07) is 2.54. The molecule has 0 unspecified atom stereocenters. The minimum atomic E-state index is -4.88. The van der Waals surface area contributed by atoms with E-state index in [1.54, 1.807) is 0 Å². The van der Waals surface area contributed by atoms with E-state index in [4.69, 9.17) is 4.78 Å². The molecule has 2 aromatic heterocycles. The van der Waals surface area contributed by atoms with Gasteiger partial charge in [-0.1, -0.05) is 6.92 Å². The number of rotatable bonds is 6. The van der Waals surface area contributed by atoms with Crippen LogP contribution >= 0.6 is 0 Å². The fraction of sp³-hybridized carbons (Fsp3) is 0.571. The van der Waals surface area contributed by atoms with Gasteiger partial charge in [0.25, 0.3) is 5.91 Å². The Bertz CT molecular complexity index is 1260. The summed E-state index contributed by atoms with van der Waals surface area (Å²) in [5.74, 6) is -4.46. The maximum atomic E-state index is 14.1. The first-order chi connectivity index (χ1) is 15.5. The molecule has 2 aromatic rings. The van der Waals surface area contributed by atoms with Crippen molar-refractivity contribution >= 4 is 21.3 Å². The number of pyridine rings is 1. The first-order valence-corrected chi connectivity index (χ1v) is 12.5. The summed E-state index contributed by atoms with van der Waals surface area (Å²) in [4.78, 5) is 17.2. The highest BCUT2D eigenvalue weighted by atomic mass is 32.2. The molecule has 7 nitrogen and oxygen atoms in total. The predicted molar refractivity (Wildman–Crippen MR) is 113 cm³/mol. The molecule has 2 saturated carbocycles. The van der Waals surface area contributed by atoms with Crippen molar-refractivity contribution in [1.29, 1.82) is 4.78 Å². The van der Waals surface area contributed by atoms with Gasteiger partial charge in [-0.25, -0.2) is 22.8 Å². The summed E-state index contributed by atoms with van der Waals surface area (Å²) in [6.45, 7) is 2.79. The van der Waals surface area contributed by atoms with Crippen LogP contribution in [-0.2, 0) is 22.5 Å². The molecule has 0 aromatic carbocycles. The van der Waals surface area contributed by atoms with Crippen LogP contribution in [0.3, 0.4) is 0 Å². The number of hydrogen-bond donors (Lipinski definition) is 2. The van der Waals surface area contributed by atoms with Crippen LogP contribution in [0.2, 0.25) is 0 Å². The molecule has 0 radical (unpaired) electrons. The molecule has 0 aliphatic heterocycles. The number of carbonyl (C=O) groups excluding carboxylic acids is 1. The summed E-state index contributed by atoms with van der Waals surface area (Å²) in [7, 11) is -3.25. The van der Waals surface area contributed by atoms with Gasteiger partial charge in [-0.2, -0.15) is 18.3 Å². The molecule has 2 N–H and O–H groups in total. The van der Waals surface area contributed by atoms with Gasteiger partial charge >= 0.3 is 6.18 Å². The van der Waals surface area contributed by atoms with Gasteiger partial charge in [0.2, 0.25) is 5.92 Å². The van der Waals surface area contributed by atoms with Gasteiger partial charge in [0.05, 0.1) is 15.4 Å². The lowest BCUT2D eigenvalue weighted by atomic mass is 9.67. The van der Waals surface area contributed by atoms with Gasteiger partial charge in [-0.3, -0.25) is 9.48 Å². The quantitative estimate of drug-likeness (QED) is 0.527. The normalized spacial score (nSPS) is 20.9. The van der Waals surface area contributed by atoms with Crippen LogP contribution in [0.25, 0.3) is 0 Å². The lowest BCUT2D eigenvalue weighted by Crippen LogP contribution is -2.47. The van der Waals surface area contributed by atoms with E-state index < -0.39 is 63.2 Å². The van der Waals surface area contributed by atoms with Crippen molar-refractivity contribution in [2.24, 2.45) is 5.41 Å². The Morgan fingerprint density at radius 1 is 1.29 bits per heavy atom. The molecule has 186 valence electrons. The Balaban J connectivity index is 1.76. The fourth-order valence-corrected chi connectivity index (χ4v) is 5.19. The molecule has 1 atom stereocenters. The fourth-order valence-electron chi connectivity index (χ4n) is 4.52. The first-order valence-electron chi connectivity index (χ1n) is 10.6. The van der Waals surface area contributed by atoms with E-state index in [2.05, 4.69) is 15.4 Å². The standard InChI is InChI=1S/C21H24F5N5O2S/c1-11-6-13(7-14(28-11)34(3,27)33)29-18(32)17-15(21(24,25)26)16(12-4-5-12)30-31(17)10-19(2)8-20(22,23)9-19/h6-7,12,27H,4-5,8-10H2,1-3H3,(H,28,29,32)/t34-/m0/s1. The lowest BCUT2D eigenvalue weighted by molar-refractivity contribution is -0.160. The largest absolute Gasteiger partial charge is 0.420 e. The predicted octanol–water partition coefficient (Wildman–Crippen LogP) is 5.21. The van der Waals surface area contributed by atoms with Crippen LogP contribution < -0.4 is 5.32 Å². The van der Waals surface area contributed by atoms with E-state index in [0.29, 0.717) is 18.5 Å². The van der Waals surface area contributed by atoms with Crippen LogP contribution in [0.15, 0.2) is 17.2 Å². The number of alkyl halides is 5. The number of nitrogens with one attached hydrogen (secondary N) is 2. The minimum Gasteiger partial charge on any atom is -0.320 e. The molecule has 0 saturated heterocycles. The number of carbonyl (C=O) groups is 1. The monoisotopic (exact) mass is 505 g/mol. The van der Waals surface area contributed by atoms with Crippen molar-refractivity contribution in [3.63, 3.8) is 0 Å². The average Bonchev–Trinajstić information content (AvgIpc) is 3.39. The van der Waals surface area contributed by atoms with Crippen molar-refractivity contribution < 1.29 is 31.0 Å². The van der Waals surface area contributed by atoms with E-state index >= 15 is 0 Å². The SMILES string of the molecule is Cc1cc(NC(=O)c2c(C(F)(F)F)c(C3CC3)nn2CC2(C)CC(F)(F)C2)cc([S@@](C)(=N)=O)n1. The highest BCUT2D eigenvalue weighted by Crippen LogP contribution is 2.53. The van der Waals surface area contributed by atoms with Crippen molar-refractivity contribution in [2.75, 3.05) is 11.6 Å². The molecular formula is C21H24F5N5O2S. The number of aromatic nitrogens is 3. The molecule has 0 spiro atoms. The Morgan fingerprint density at radius 3 is 2.41 bits per heavy atom. The molecule has 13 heteroatoms. The van der Waals surface area contributed by atoms with Crippen LogP contribution in [-0.4, -0.2) is 37.1 Å². The van der Waals surface area contributed by atoms with Gasteiger partial charge in [-0.05, 0) is 37.3 Å². The number of hydrogen-bond acceptors (Lipinski definition) is 5. The zero-order valence-corrected chi connectivity index (χ0v) is 19.5. The third-order valence-electron chi connectivity index (χ3n) is 5.93. The Hall–Kier alpha value is -2.57. The van der Waals surface area contributed by atoms with Crippen LogP contribution in [0.4, 0.5) is 27.6 Å². The number of aryl methyl sites for hydroxylation is 1.